The minimum absolute atomic E-state index is 0.0658. The first-order valence-corrected chi connectivity index (χ1v) is 5.63. The van der Waals surface area contributed by atoms with Crippen LogP contribution in [0.1, 0.15) is 30.7 Å². The van der Waals surface area contributed by atoms with Gasteiger partial charge in [0, 0.05) is 12.2 Å². The lowest BCUT2D eigenvalue weighted by Gasteiger charge is -2.09. The molecule has 15 heavy (non-hydrogen) atoms. The van der Waals surface area contributed by atoms with Crippen molar-refractivity contribution in [2.75, 3.05) is 6.54 Å². The molecular weight excluding hydrogens is 190 g/mol. The average molecular weight is 209 g/mol. The monoisotopic (exact) mass is 209 g/mol. The van der Waals surface area contributed by atoms with E-state index in [0.717, 1.165) is 43.7 Å². The van der Waals surface area contributed by atoms with E-state index in [2.05, 4.69) is 15.3 Å². The lowest BCUT2D eigenvalue weighted by Crippen LogP contribution is -2.21. The molecule has 0 aliphatic heterocycles. The number of aromatic nitrogens is 2. The van der Waals surface area contributed by atoms with Gasteiger partial charge in [0.1, 0.15) is 0 Å². The molecule has 1 aliphatic carbocycles. The van der Waals surface area contributed by atoms with E-state index in [1.807, 2.05) is 6.92 Å². The van der Waals surface area contributed by atoms with Gasteiger partial charge < -0.3 is 15.4 Å². The largest absolute Gasteiger partial charge is 0.393 e. The van der Waals surface area contributed by atoms with Crippen LogP contribution in [0.2, 0.25) is 0 Å². The van der Waals surface area contributed by atoms with E-state index >= 15 is 0 Å². The second kappa shape index (κ2) is 4.77. The number of hydrogen-bond donors (Lipinski definition) is 3. The molecule has 1 saturated carbocycles. The fourth-order valence-electron chi connectivity index (χ4n) is 2.19. The first-order valence-electron chi connectivity index (χ1n) is 5.63. The van der Waals surface area contributed by atoms with E-state index < -0.39 is 0 Å². The molecule has 0 radical (unpaired) electrons. The summed E-state index contributed by atoms with van der Waals surface area (Å²) in [6, 6.07) is 0. The van der Waals surface area contributed by atoms with Crippen LogP contribution in [0.4, 0.5) is 0 Å². The third-order valence-corrected chi connectivity index (χ3v) is 3.17. The van der Waals surface area contributed by atoms with E-state index in [1.54, 1.807) is 6.33 Å². The van der Waals surface area contributed by atoms with Gasteiger partial charge >= 0.3 is 0 Å². The van der Waals surface area contributed by atoms with E-state index in [0.29, 0.717) is 5.92 Å². The number of aliphatic hydroxyl groups is 1. The fourth-order valence-corrected chi connectivity index (χ4v) is 2.19. The summed E-state index contributed by atoms with van der Waals surface area (Å²) < 4.78 is 0. The summed E-state index contributed by atoms with van der Waals surface area (Å²) in [6.45, 7) is 3.84. The van der Waals surface area contributed by atoms with Crippen LogP contribution in [-0.2, 0) is 6.54 Å². The summed E-state index contributed by atoms with van der Waals surface area (Å²) in [5.74, 6) is 0.638. The van der Waals surface area contributed by atoms with Crippen molar-refractivity contribution < 1.29 is 5.11 Å². The van der Waals surface area contributed by atoms with Crippen LogP contribution >= 0.6 is 0 Å². The van der Waals surface area contributed by atoms with Crippen LogP contribution < -0.4 is 5.32 Å². The number of aromatic amines is 1. The summed E-state index contributed by atoms with van der Waals surface area (Å²) in [7, 11) is 0. The van der Waals surface area contributed by atoms with E-state index in [4.69, 9.17) is 0 Å². The number of aliphatic hydroxyl groups excluding tert-OH is 1. The molecule has 4 heteroatoms. The molecule has 1 heterocycles. The van der Waals surface area contributed by atoms with Crippen molar-refractivity contribution in [3.05, 3.63) is 17.7 Å². The second-order valence-corrected chi connectivity index (χ2v) is 4.44. The number of imidazole rings is 1. The molecule has 0 amide bonds. The molecule has 1 aromatic rings. The number of H-pyrrole nitrogens is 1. The van der Waals surface area contributed by atoms with Crippen LogP contribution in [0.3, 0.4) is 0 Å². The van der Waals surface area contributed by atoms with Crippen LogP contribution in [0.5, 0.6) is 0 Å². The maximum atomic E-state index is 9.38. The molecule has 0 spiro atoms. The maximum Gasteiger partial charge on any atom is 0.0925 e. The lowest BCUT2D eigenvalue weighted by molar-refractivity contribution is 0.177. The van der Waals surface area contributed by atoms with Crippen molar-refractivity contribution in [2.24, 2.45) is 5.92 Å². The number of nitrogens with zero attached hydrogens (tertiary/aromatic N) is 1. The van der Waals surface area contributed by atoms with Gasteiger partial charge in [-0.3, -0.25) is 0 Å². The molecule has 2 atom stereocenters. The van der Waals surface area contributed by atoms with Gasteiger partial charge in [-0.05, 0) is 38.6 Å². The molecule has 2 unspecified atom stereocenters. The summed E-state index contributed by atoms with van der Waals surface area (Å²) in [4.78, 5) is 7.29. The van der Waals surface area contributed by atoms with Gasteiger partial charge in [0.2, 0.25) is 0 Å². The van der Waals surface area contributed by atoms with Gasteiger partial charge in [0.25, 0.3) is 0 Å². The van der Waals surface area contributed by atoms with E-state index in [9.17, 15) is 5.11 Å². The average Bonchev–Trinajstić information content (AvgIpc) is 2.77. The Hall–Kier alpha value is -0.870. The third-order valence-electron chi connectivity index (χ3n) is 3.17. The molecule has 84 valence electrons. The van der Waals surface area contributed by atoms with Crippen molar-refractivity contribution in [3.63, 3.8) is 0 Å². The number of nitrogens with one attached hydrogen (secondary N) is 2. The SMILES string of the molecule is Cc1[nH]cnc1CNCC1CCC(O)C1. The third kappa shape index (κ3) is 2.79. The quantitative estimate of drug-likeness (QED) is 0.692. The highest BCUT2D eigenvalue weighted by atomic mass is 16.3. The van der Waals surface area contributed by atoms with Gasteiger partial charge in [-0.15, -0.1) is 0 Å². The summed E-state index contributed by atoms with van der Waals surface area (Å²) in [6.07, 6.45) is 4.73. The molecule has 1 fully saturated rings. The smallest absolute Gasteiger partial charge is 0.0925 e. The van der Waals surface area contributed by atoms with Crippen molar-refractivity contribution in [2.45, 2.75) is 38.8 Å². The van der Waals surface area contributed by atoms with Crippen molar-refractivity contribution in [3.8, 4) is 0 Å². The predicted molar refractivity (Wildman–Crippen MR) is 58.4 cm³/mol. The molecular formula is C11H19N3O. The highest BCUT2D eigenvalue weighted by molar-refractivity contribution is 5.07. The van der Waals surface area contributed by atoms with Crippen LogP contribution in [0.15, 0.2) is 6.33 Å². The predicted octanol–water partition coefficient (Wildman–Crippen LogP) is 0.969. The Balaban J connectivity index is 1.69. The van der Waals surface area contributed by atoms with Crippen molar-refractivity contribution in [1.82, 2.24) is 15.3 Å². The molecule has 4 nitrogen and oxygen atoms in total. The fraction of sp³-hybridized carbons (Fsp3) is 0.727. The van der Waals surface area contributed by atoms with Crippen LogP contribution in [-0.4, -0.2) is 27.7 Å². The summed E-state index contributed by atoms with van der Waals surface area (Å²) in [5, 5.41) is 12.8. The van der Waals surface area contributed by atoms with Gasteiger partial charge in [-0.2, -0.15) is 0 Å². The maximum absolute atomic E-state index is 9.38. The Morgan fingerprint density at radius 2 is 2.47 bits per heavy atom. The van der Waals surface area contributed by atoms with Crippen molar-refractivity contribution in [1.29, 1.82) is 0 Å². The Morgan fingerprint density at radius 3 is 3.07 bits per heavy atom. The normalized spacial score (nSPS) is 26.0. The number of rotatable bonds is 4. The molecule has 0 saturated heterocycles. The molecule has 1 aliphatic rings. The van der Waals surface area contributed by atoms with Gasteiger partial charge in [0.05, 0.1) is 18.1 Å². The van der Waals surface area contributed by atoms with Crippen LogP contribution in [0.25, 0.3) is 0 Å². The van der Waals surface area contributed by atoms with E-state index in [-0.39, 0.29) is 6.10 Å². The lowest BCUT2D eigenvalue weighted by atomic mass is 10.1. The minimum Gasteiger partial charge on any atom is -0.393 e. The highest BCUT2D eigenvalue weighted by Crippen LogP contribution is 2.24. The van der Waals surface area contributed by atoms with Crippen LogP contribution in [0, 0.1) is 12.8 Å². The zero-order valence-corrected chi connectivity index (χ0v) is 9.16. The van der Waals surface area contributed by atoms with Crippen molar-refractivity contribution >= 4 is 0 Å². The standard InChI is InChI=1S/C11H19N3O/c1-8-11(14-7-13-8)6-12-5-9-2-3-10(15)4-9/h7,9-10,12,15H,2-6H2,1H3,(H,13,14). The first-order chi connectivity index (χ1) is 7.25. The summed E-state index contributed by atoms with van der Waals surface area (Å²) in [5.41, 5.74) is 2.22. The van der Waals surface area contributed by atoms with Gasteiger partial charge in [-0.1, -0.05) is 0 Å². The Morgan fingerprint density at radius 1 is 1.60 bits per heavy atom. The Labute approximate surface area is 90.1 Å². The molecule has 2 rings (SSSR count). The molecule has 0 bridgehead atoms. The Kier molecular flexibility index (Phi) is 3.38. The number of aryl methyl sites for hydroxylation is 1. The van der Waals surface area contributed by atoms with Gasteiger partial charge in [0.15, 0.2) is 0 Å². The van der Waals surface area contributed by atoms with E-state index in [1.165, 1.54) is 0 Å². The Bertz CT molecular complexity index is 311. The molecule has 3 N–H and O–H groups in total. The highest BCUT2D eigenvalue weighted by Gasteiger charge is 2.22. The first kappa shape index (κ1) is 10.6. The molecule has 1 aromatic heterocycles. The topological polar surface area (TPSA) is 60.9 Å². The second-order valence-electron chi connectivity index (χ2n) is 4.44. The van der Waals surface area contributed by atoms with Gasteiger partial charge in [-0.25, -0.2) is 4.98 Å². The zero-order chi connectivity index (χ0) is 10.7. The molecule has 0 aromatic carbocycles. The summed E-state index contributed by atoms with van der Waals surface area (Å²) >= 11 is 0. The number of hydrogen-bond acceptors (Lipinski definition) is 3. The minimum atomic E-state index is -0.0658. The zero-order valence-electron chi connectivity index (χ0n) is 9.16.